The Kier molecular flexibility index (Phi) is 8.79. The fourth-order valence-corrected chi connectivity index (χ4v) is 4.17. The molecule has 0 bridgehead atoms. The van der Waals surface area contributed by atoms with Gasteiger partial charge in [0.15, 0.2) is 0 Å². The Hall–Kier alpha value is -3.77. The van der Waals surface area contributed by atoms with Crippen molar-refractivity contribution in [2.45, 2.75) is 32.4 Å². The molecule has 2 aliphatic rings. The van der Waals surface area contributed by atoms with Gasteiger partial charge in [-0.05, 0) is 36.1 Å². The van der Waals surface area contributed by atoms with Gasteiger partial charge < -0.3 is 19.5 Å². The van der Waals surface area contributed by atoms with Gasteiger partial charge in [-0.25, -0.2) is 0 Å². The monoisotopic (exact) mass is 472 g/mol. The quantitative estimate of drug-likeness (QED) is 0.442. The van der Waals surface area contributed by atoms with Crippen molar-refractivity contribution in [3.05, 3.63) is 114 Å². The van der Waals surface area contributed by atoms with Crippen molar-refractivity contribution >= 4 is 5.97 Å². The smallest absolute Gasteiger partial charge is 0.317 e. The molecule has 0 amide bonds. The summed E-state index contributed by atoms with van der Waals surface area (Å²) < 4.78 is 11.7. The molecule has 0 unspecified atom stereocenters. The highest BCUT2D eigenvalue weighted by Crippen LogP contribution is 2.23. The van der Waals surface area contributed by atoms with E-state index in [4.69, 9.17) is 9.47 Å². The van der Waals surface area contributed by atoms with E-state index in [1.54, 1.807) is 6.26 Å². The Balaban J connectivity index is 1.29. The van der Waals surface area contributed by atoms with Crippen LogP contribution in [-0.2, 0) is 22.6 Å². The summed E-state index contributed by atoms with van der Waals surface area (Å²) in [6.07, 6.45) is 15.1. The average Bonchev–Trinajstić information content (AvgIpc) is 2.85. The van der Waals surface area contributed by atoms with Crippen molar-refractivity contribution in [3.63, 3.8) is 0 Å². The average molecular weight is 473 g/mol. The summed E-state index contributed by atoms with van der Waals surface area (Å²) in [6.45, 7) is 2.30. The van der Waals surface area contributed by atoms with Crippen LogP contribution < -0.4 is 4.74 Å². The van der Waals surface area contributed by atoms with Gasteiger partial charge in [-0.3, -0.25) is 9.69 Å². The molecular weight excluding hydrogens is 440 g/mol. The second-order valence-electron chi connectivity index (χ2n) is 8.73. The third kappa shape index (κ3) is 8.19. The van der Waals surface area contributed by atoms with Gasteiger partial charge in [0.25, 0.3) is 0 Å². The highest BCUT2D eigenvalue weighted by molar-refractivity contribution is 5.69. The predicted molar refractivity (Wildman–Crippen MR) is 136 cm³/mol. The van der Waals surface area contributed by atoms with Crippen LogP contribution in [0.25, 0.3) is 0 Å². The molecule has 4 rings (SSSR count). The summed E-state index contributed by atoms with van der Waals surface area (Å²) in [6, 6.07) is 17.8. The first-order valence-corrected chi connectivity index (χ1v) is 12.0. The third-order valence-electron chi connectivity index (χ3n) is 5.81. The number of allylic oxidation sites excluding steroid dienone is 4. The minimum Gasteiger partial charge on any atom is -0.492 e. The summed E-state index contributed by atoms with van der Waals surface area (Å²) >= 11 is 0. The molecule has 0 radical (unpaired) electrons. The van der Waals surface area contributed by atoms with Crippen molar-refractivity contribution in [3.8, 4) is 5.75 Å². The third-order valence-corrected chi connectivity index (χ3v) is 5.81. The molecule has 2 aromatic rings. The first kappa shape index (κ1) is 24.4. The van der Waals surface area contributed by atoms with E-state index >= 15 is 0 Å². The van der Waals surface area contributed by atoms with Gasteiger partial charge in [-0.2, -0.15) is 0 Å². The first-order chi connectivity index (χ1) is 17.1. The van der Waals surface area contributed by atoms with E-state index in [0.29, 0.717) is 26.2 Å². The molecule has 2 aromatic carbocycles. The number of ether oxygens (including phenoxy) is 2. The van der Waals surface area contributed by atoms with Crippen molar-refractivity contribution in [1.29, 1.82) is 0 Å². The maximum atomic E-state index is 11.4. The summed E-state index contributed by atoms with van der Waals surface area (Å²) in [7, 11) is 0. The zero-order chi connectivity index (χ0) is 24.3. The molecule has 1 aliphatic heterocycles. The molecule has 35 heavy (non-hydrogen) atoms. The highest BCUT2D eigenvalue weighted by Gasteiger charge is 2.13. The van der Waals surface area contributed by atoms with E-state index in [1.165, 1.54) is 5.57 Å². The van der Waals surface area contributed by atoms with Crippen LogP contribution in [0.5, 0.6) is 5.75 Å². The van der Waals surface area contributed by atoms with Gasteiger partial charge in [-0.1, -0.05) is 66.3 Å². The van der Waals surface area contributed by atoms with Crippen LogP contribution in [0, 0.1) is 0 Å². The molecule has 6 heteroatoms. The predicted octanol–water partition coefficient (Wildman–Crippen LogP) is 5.46. The van der Waals surface area contributed by atoms with Gasteiger partial charge in [0, 0.05) is 31.9 Å². The Morgan fingerprint density at radius 2 is 1.91 bits per heavy atom. The second kappa shape index (κ2) is 12.6. The van der Waals surface area contributed by atoms with Gasteiger partial charge in [0.2, 0.25) is 0 Å². The Morgan fingerprint density at radius 3 is 2.71 bits per heavy atom. The zero-order valence-electron chi connectivity index (χ0n) is 19.9. The number of carboxylic acid groups (broad SMARTS) is 1. The molecule has 0 atom stereocenters. The molecule has 6 nitrogen and oxygen atoms in total. The normalized spacial score (nSPS) is 14.9. The first-order valence-electron chi connectivity index (χ1n) is 12.0. The number of carboxylic acids is 1. The largest absolute Gasteiger partial charge is 0.492 e. The topological polar surface area (TPSA) is 62.2 Å². The molecule has 0 saturated carbocycles. The number of benzene rings is 2. The fourth-order valence-electron chi connectivity index (χ4n) is 4.17. The molecule has 0 spiro atoms. The summed E-state index contributed by atoms with van der Waals surface area (Å²) in [5.41, 5.74) is 3.48. The Morgan fingerprint density at radius 1 is 1.09 bits per heavy atom. The molecular formula is C29H32N2O4. The number of hydrogen-bond donors (Lipinski definition) is 1. The maximum absolute atomic E-state index is 11.4. The molecule has 0 aromatic heterocycles. The van der Waals surface area contributed by atoms with E-state index in [0.717, 1.165) is 41.9 Å². The SMILES string of the molecule is O=C(O)CN(Cc1ccccc1)Cc1cccc(OCCN2C=COC(CC3=CC=CCC3)=C2)c1. The standard InChI is InChI=1S/C29H32N2O4/c32-29(33)23-31(20-25-10-5-2-6-11-25)21-26-12-7-13-27(19-26)34-16-14-30-15-17-35-28(22-30)18-24-8-3-1-4-9-24/h1-3,5-8,10-13,15,17,19,22H,4,9,14,16,18,20-21,23H2,(H,32,33). The van der Waals surface area contributed by atoms with Crippen LogP contribution in [-0.4, -0.2) is 40.6 Å². The van der Waals surface area contributed by atoms with E-state index in [-0.39, 0.29) is 6.54 Å². The summed E-state index contributed by atoms with van der Waals surface area (Å²) in [4.78, 5) is 15.4. The molecule has 0 saturated heterocycles. The van der Waals surface area contributed by atoms with E-state index < -0.39 is 5.97 Å². The van der Waals surface area contributed by atoms with Gasteiger partial charge in [-0.15, -0.1) is 0 Å². The second-order valence-corrected chi connectivity index (χ2v) is 8.73. The maximum Gasteiger partial charge on any atom is 0.317 e. The van der Waals surface area contributed by atoms with E-state index in [2.05, 4.69) is 23.1 Å². The minimum absolute atomic E-state index is 0.0226. The highest BCUT2D eigenvalue weighted by atomic mass is 16.5. The van der Waals surface area contributed by atoms with E-state index in [1.807, 2.05) is 71.9 Å². The minimum atomic E-state index is -0.837. The summed E-state index contributed by atoms with van der Waals surface area (Å²) in [5.74, 6) is 0.877. The number of nitrogens with zero attached hydrogens (tertiary/aromatic N) is 2. The van der Waals surface area contributed by atoms with Gasteiger partial charge in [0.1, 0.15) is 24.4 Å². The van der Waals surface area contributed by atoms with Crippen LogP contribution in [0.4, 0.5) is 0 Å². The van der Waals surface area contributed by atoms with Crippen molar-refractivity contribution < 1.29 is 19.4 Å². The number of carbonyl (C=O) groups is 1. The van der Waals surface area contributed by atoms with Gasteiger partial charge >= 0.3 is 5.97 Å². The van der Waals surface area contributed by atoms with E-state index in [9.17, 15) is 9.90 Å². The van der Waals surface area contributed by atoms with Crippen LogP contribution in [0.1, 0.15) is 30.4 Å². The molecule has 0 fully saturated rings. The van der Waals surface area contributed by atoms with Crippen LogP contribution in [0.15, 0.2) is 103 Å². The van der Waals surface area contributed by atoms with Crippen LogP contribution in [0.2, 0.25) is 0 Å². The lowest BCUT2D eigenvalue weighted by molar-refractivity contribution is -0.138. The van der Waals surface area contributed by atoms with Crippen molar-refractivity contribution in [1.82, 2.24) is 9.80 Å². The van der Waals surface area contributed by atoms with Crippen molar-refractivity contribution in [2.24, 2.45) is 0 Å². The zero-order valence-corrected chi connectivity index (χ0v) is 19.9. The van der Waals surface area contributed by atoms with Crippen LogP contribution in [0.3, 0.4) is 0 Å². The summed E-state index contributed by atoms with van der Waals surface area (Å²) in [5, 5.41) is 9.35. The number of aliphatic carboxylic acids is 1. The Bertz CT molecular complexity index is 1100. The fraction of sp³-hybridized carbons (Fsp3) is 0.276. The number of hydrogen-bond acceptors (Lipinski definition) is 5. The molecule has 1 N–H and O–H groups in total. The number of rotatable bonds is 12. The molecule has 1 heterocycles. The lowest BCUT2D eigenvalue weighted by atomic mass is 10.0. The molecule has 1 aliphatic carbocycles. The lowest BCUT2D eigenvalue weighted by Gasteiger charge is -2.23. The van der Waals surface area contributed by atoms with Gasteiger partial charge in [0.05, 0.1) is 13.1 Å². The molecule has 182 valence electrons. The lowest BCUT2D eigenvalue weighted by Crippen LogP contribution is -2.29. The van der Waals surface area contributed by atoms with Crippen molar-refractivity contribution in [2.75, 3.05) is 19.7 Å². The van der Waals surface area contributed by atoms with Crippen LogP contribution >= 0.6 is 0 Å². The Labute approximate surface area is 207 Å².